The van der Waals surface area contributed by atoms with E-state index in [9.17, 15) is 4.79 Å². The molecule has 0 radical (unpaired) electrons. The summed E-state index contributed by atoms with van der Waals surface area (Å²) < 4.78 is 5.47. The molecule has 1 unspecified atom stereocenters. The third-order valence-corrected chi connectivity index (χ3v) is 4.90. The molecule has 1 amide bonds. The van der Waals surface area contributed by atoms with Crippen molar-refractivity contribution in [3.8, 4) is 0 Å². The van der Waals surface area contributed by atoms with Crippen molar-refractivity contribution in [2.24, 2.45) is 0 Å². The van der Waals surface area contributed by atoms with Gasteiger partial charge in [0.2, 0.25) is 0 Å². The van der Waals surface area contributed by atoms with Gasteiger partial charge in [0.15, 0.2) is 5.76 Å². The number of amides is 1. The second-order valence-corrected chi connectivity index (χ2v) is 6.48. The Balaban J connectivity index is 1.72. The fraction of sp³-hybridized carbons (Fsp3) is 0.421. The third kappa shape index (κ3) is 2.25. The standard InChI is InChI=1S/C19H21NO2/c1-13-11-12-22-18(13)19(21)20(15-9-10-15)17-8-4-6-14-5-2-3-7-16(14)17/h2-3,5,7,11-12,15,17H,4,6,8-10H2,1H3. The first kappa shape index (κ1) is 13.6. The third-order valence-electron chi connectivity index (χ3n) is 4.90. The molecule has 0 spiro atoms. The van der Waals surface area contributed by atoms with Crippen molar-refractivity contribution in [1.82, 2.24) is 4.90 Å². The van der Waals surface area contributed by atoms with Gasteiger partial charge in [-0.1, -0.05) is 24.3 Å². The number of carbonyl (C=O) groups excluding carboxylic acids is 1. The van der Waals surface area contributed by atoms with E-state index in [0.29, 0.717) is 11.8 Å². The lowest BCUT2D eigenvalue weighted by atomic mass is 9.86. The summed E-state index contributed by atoms with van der Waals surface area (Å²) in [4.78, 5) is 15.2. The van der Waals surface area contributed by atoms with Gasteiger partial charge in [0, 0.05) is 11.6 Å². The maximum Gasteiger partial charge on any atom is 0.290 e. The zero-order valence-corrected chi connectivity index (χ0v) is 12.9. The Morgan fingerprint density at radius 3 is 2.73 bits per heavy atom. The minimum Gasteiger partial charge on any atom is -0.459 e. The molecule has 1 heterocycles. The highest BCUT2D eigenvalue weighted by atomic mass is 16.3. The monoisotopic (exact) mass is 295 g/mol. The number of fused-ring (bicyclic) bond motifs is 1. The number of benzene rings is 1. The van der Waals surface area contributed by atoms with Gasteiger partial charge in [-0.25, -0.2) is 0 Å². The molecule has 4 rings (SSSR count). The summed E-state index contributed by atoms with van der Waals surface area (Å²) >= 11 is 0. The normalized spacial score (nSPS) is 20.5. The molecule has 0 N–H and O–H groups in total. The minimum absolute atomic E-state index is 0.0618. The van der Waals surface area contributed by atoms with E-state index in [2.05, 4.69) is 29.2 Å². The minimum atomic E-state index is 0.0618. The zero-order chi connectivity index (χ0) is 15.1. The fourth-order valence-corrected chi connectivity index (χ4v) is 3.64. The van der Waals surface area contributed by atoms with Crippen LogP contribution in [0.15, 0.2) is 41.0 Å². The molecule has 1 atom stereocenters. The number of furan rings is 1. The van der Waals surface area contributed by atoms with Gasteiger partial charge in [0.1, 0.15) is 0 Å². The smallest absolute Gasteiger partial charge is 0.290 e. The van der Waals surface area contributed by atoms with E-state index >= 15 is 0 Å². The van der Waals surface area contributed by atoms with E-state index in [1.807, 2.05) is 13.0 Å². The number of hydrogen-bond acceptors (Lipinski definition) is 2. The highest BCUT2D eigenvalue weighted by Gasteiger charge is 2.40. The Bertz CT molecular complexity index is 699. The van der Waals surface area contributed by atoms with Crippen molar-refractivity contribution >= 4 is 5.91 Å². The van der Waals surface area contributed by atoms with Crippen molar-refractivity contribution in [3.05, 3.63) is 59.0 Å². The van der Waals surface area contributed by atoms with Gasteiger partial charge >= 0.3 is 0 Å². The molecule has 114 valence electrons. The largest absolute Gasteiger partial charge is 0.459 e. The van der Waals surface area contributed by atoms with Gasteiger partial charge in [-0.15, -0.1) is 0 Å². The van der Waals surface area contributed by atoms with Gasteiger partial charge in [-0.2, -0.15) is 0 Å². The van der Waals surface area contributed by atoms with Crippen molar-refractivity contribution in [1.29, 1.82) is 0 Å². The highest BCUT2D eigenvalue weighted by molar-refractivity contribution is 5.93. The van der Waals surface area contributed by atoms with Crippen LogP contribution in [0.25, 0.3) is 0 Å². The maximum atomic E-state index is 13.0. The van der Waals surface area contributed by atoms with Crippen LogP contribution >= 0.6 is 0 Å². The first-order chi connectivity index (χ1) is 10.8. The SMILES string of the molecule is Cc1ccoc1C(=O)N(C1CC1)C1CCCc2ccccc21. The lowest BCUT2D eigenvalue weighted by molar-refractivity contribution is 0.0604. The average Bonchev–Trinajstić information content (AvgIpc) is 3.28. The molecule has 2 aliphatic carbocycles. The summed E-state index contributed by atoms with van der Waals surface area (Å²) in [5.41, 5.74) is 3.66. The van der Waals surface area contributed by atoms with Crippen molar-refractivity contribution < 1.29 is 9.21 Å². The summed E-state index contributed by atoms with van der Waals surface area (Å²) in [5, 5.41) is 0. The molecule has 22 heavy (non-hydrogen) atoms. The number of nitrogens with zero attached hydrogens (tertiary/aromatic N) is 1. The van der Waals surface area contributed by atoms with Crippen molar-refractivity contribution in [2.75, 3.05) is 0 Å². The van der Waals surface area contributed by atoms with E-state index < -0.39 is 0 Å². The van der Waals surface area contributed by atoms with Crippen LogP contribution in [-0.2, 0) is 6.42 Å². The summed E-state index contributed by atoms with van der Waals surface area (Å²) in [5.74, 6) is 0.571. The second-order valence-electron chi connectivity index (χ2n) is 6.48. The maximum absolute atomic E-state index is 13.0. The van der Waals surface area contributed by atoms with E-state index in [4.69, 9.17) is 4.42 Å². The summed E-state index contributed by atoms with van der Waals surface area (Å²) in [6, 6.07) is 11.0. The van der Waals surface area contributed by atoms with Crippen LogP contribution in [0.3, 0.4) is 0 Å². The average molecular weight is 295 g/mol. The zero-order valence-electron chi connectivity index (χ0n) is 12.9. The highest BCUT2D eigenvalue weighted by Crippen LogP contribution is 2.41. The number of aryl methyl sites for hydroxylation is 2. The summed E-state index contributed by atoms with van der Waals surface area (Å²) in [6.07, 6.45) is 7.17. The predicted octanol–water partition coefficient (Wildman–Crippen LogP) is 4.27. The van der Waals surface area contributed by atoms with Crippen molar-refractivity contribution in [3.63, 3.8) is 0 Å². The second kappa shape index (κ2) is 5.31. The van der Waals surface area contributed by atoms with Gasteiger partial charge in [-0.3, -0.25) is 4.79 Å². The van der Waals surface area contributed by atoms with Crippen LogP contribution in [0.1, 0.15) is 59.0 Å². The first-order valence-corrected chi connectivity index (χ1v) is 8.20. The Kier molecular flexibility index (Phi) is 3.29. The molecule has 0 aliphatic heterocycles. The lowest BCUT2D eigenvalue weighted by Gasteiger charge is -2.36. The van der Waals surface area contributed by atoms with E-state index in [1.54, 1.807) is 6.26 Å². The number of carbonyl (C=O) groups is 1. The van der Waals surface area contributed by atoms with Gasteiger partial charge in [0.25, 0.3) is 5.91 Å². The molecular weight excluding hydrogens is 274 g/mol. The van der Waals surface area contributed by atoms with Crippen LogP contribution in [0, 0.1) is 6.92 Å². The molecule has 1 aromatic carbocycles. The summed E-state index contributed by atoms with van der Waals surface area (Å²) in [6.45, 7) is 1.94. The molecule has 0 saturated heterocycles. The molecule has 1 fully saturated rings. The molecule has 0 bridgehead atoms. The Labute approximate surface area is 130 Å². The van der Waals surface area contributed by atoms with E-state index in [1.165, 1.54) is 11.1 Å². The number of hydrogen-bond donors (Lipinski definition) is 0. The van der Waals surface area contributed by atoms with Crippen LogP contribution < -0.4 is 0 Å². The molecular formula is C19H21NO2. The first-order valence-electron chi connectivity index (χ1n) is 8.20. The topological polar surface area (TPSA) is 33.5 Å². The number of rotatable bonds is 3. The molecule has 3 heteroatoms. The van der Waals surface area contributed by atoms with Crippen LogP contribution in [0.2, 0.25) is 0 Å². The van der Waals surface area contributed by atoms with Crippen LogP contribution in [-0.4, -0.2) is 16.8 Å². The van der Waals surface area contributed by atoms with Gasteiger partial charge in [0.05, 0.1) is 12.3 Å². The van der Waals surface area contributed by atoms with E-state index in [-0.39, 0.29) is 11.9 Å². The Hall–Kier alpha value is -2.03. The van der Waals surface area contributed by atoms with Crippen molar-refractivity contribution in [2.45, 2.75) is 51.1 Å². The lowest BCUT2D eigenvalue weighted by Crippen LogP contribution is -2.38. The van der Waals surface area contributed by atoms with Crippen LogP contribution in [0.5, 0.6) is 0 Å². The quantitative estimate of drug-likeness (QED) is 0.847. The predicted molar refractivity (Wildman–Crippen MR) is 84.8 cm³/mol. The van der Waals surface area contributed by atoms with Gasteiger partial charge < -0.3 is 9.32 Å². The van der Waals surface area contributed by atoms with Gasteiger partial charge in [-0.05, 0) is 56.2 Å². The summed E-state index contributed by atoms with van der Waals surface area (Å²) in [7, 11) is 0. The molecule has 2 aromatic rings. The van der Waals surface area contributed by atoms with E-state index in [0.717, 1.165) is 37.7 Å². The Morgan fingerprint density at radius 2 is 2.00 bits per heavy atom. The Morgan fingerprint density at radius 1 is 1.18 bits per heavy atom. The molecule has 2 aliphatic rings. The molecule has 1 saturated carbocycles. The van der Waals surface area contributed by atoms with Crippen LogP contribution in [0.4, 0.5) is 0 Å². The fourth-order valence-electron chi connectivity index (χ4n) is 3.64. The molecule has 1 aromatic heterocycles. The molecule has 3 nitrogen and oxygen atoms in total.